The summed E-state index contributed by atoms with van der Waals surface area (Å²) in [6.45, 7) is 4.41. The molecule has 10 heteroatoms. The molecule has 1 heterocycles. The van der Waals surface area contributed by atoms with E-state index in [1.807, 2.05) is 13.8 Å². The number of carbonyl (C=O) groups excluding carboxylic acids is 2. The Morgan fingerprint density at radius 3 is 2.72 bits per heavy atom. The van der Waals surface area contributed by atoms with Gasteiger partial charge in [0.05, 0.1) is 17.7 Å². The molecule has 3 amide bonds. The molecule has 152 valence electrons. The highest BCUT2D eigenvalue weighted by Crippen LogP contribution is 2.19. The van der Waals surface area contributed by atoms with Gasteiger partial charge in [0.25, 0.3) is 5.91 Å². The molecule has 0 aliphatic rings. The van der Waals surface area contributed by atoms with Gasteiger partial charge in [-0.3, -0.25) is 4.79 Å². The van der Waals surface area contributed by atoms with Gasteiger partial charge in [0.2, 0.25) is 0 Å². The van der Waals surface area contributed by atoms with E-state index in [0.717, 1.165) is 5.52 Å². The molecule has 0 atom stereocenters. The Morgan fingerprint density at radius 1 is 1.21 bits per heavy atom. The standard InChI is InChI=1S/C19H20BrFN6O2/c1-11(2)23-18(28)12-3-6-17-16(9-12)25-26-27(17)8-7-22-19(29)24-15-5-4-13(20)10-14(15)21/h3-6,9-11H,7-8H2,1-2H3,(H,23,28)(H2,22,24,29). The third kappa shape index (κ3) is 5.29. The van der Waals surface area contributed by atoms with Crippen LogP contribution in [0.1, 0.15) is 24.2 Å². The summed E-state index contributed by atoms with van der Waals surface area (Å²) in [7, 11) is 0. The Hall–Kier alpha value is -3.01. The number of carbonyl (C=O) groups is 2. The first-order chi connectivity index (χ1) is 13.8. The lowest BCUT2D eigenvalue weighted by atomic mass is 10.2. The van der Waals surface area contributed by atoms with Crippen molar-refractivity contribution in [2.45, 2.75) is 26.4 Å². The molecule has 29 heavy (non-hydrogen) atoms. The number of anilines is 1. The lowest BCUT2D eigenvalue weighted by molar-refractivity contribution is 0.0943. The smallest absolute Gasteiger partial charge is 0.319 e. The van der Waals surface area contributed by atoms with E-state index in [9.17, 15) is 14.0 Å². The zero-order chi connectivity index (χ0) is 21.0. The van der Waals surface area contributed by atoms with Crippen molar-refractivity contribution in [3.63, 3.8) is 0 Å². The van der Waals surface area contributed by atoms with E-state index in [-0.39, 0.29) is 24.2 Å². The summed E-state index contributed by atoms with van der Waals surface area (Å²) in [5.74, 6) is -0.705. The average Bonchev–Trinajstić information content (AvgIpc) is 3.06. The van der Waals surface area contributed by atoms with Crippen molar-refractivity contribution < 1.29 is 14.0 Å². The minimum absolute atomic E-state index is 0.0389. The highest BCUT2D eigenvalue weighted by Gasteiger charge is 2.12. The topological polar surface area (TPSA) is 101 Å². The van der Waals surface area contributed by atoms with Gasteiger partial charge < -0.3 is 16.0 Å². The fourth-order valence-corrected chi connectivity index (χ4v) is 2.99. The molecule has 0 saturated heterocycles. The van der Waals surface area contributed by atoms with Crippen molar-refractivity contribution >= 4 is 44.6 Å². The summed E-state index contributed by atoms with van der Waals surface area (Å²) in [4.78, 5) is 24.1. The predicted molar refractivity (Wildman–Crippen MR) is 111 cm³/mol. The predicted octanol–water partition coefficient (Wildman–Crippen LogP) is 3.29. The summed E-state index contributed by atoms with van der Waals surface area (Å²) < 4.78 is 16.0. The number of hydrogen-bond donors (Lipinski definition) is 3. The van der Waals surface area contributed by atoms with Crippen LogP contribution in [0.3, 0.4) is 0 Å². The lowest BCUT2D eigenvalue weighted by Crippen LogP contribution is -2.32. The molecular weight excluding hydrogens is 443 g/mol. The molecule has 3 rings (SSSR count). The zero-order valence-corrected chi connectivity index (χ0v) is 17.5. The monoisotopic (exact) mass is 462 g/mol. The number of fused-ring (bicyclic) bond motifs is 1. The van der Waals surface area contributed by atoms with Gasteiger partial charge in [-0.1, -0.05) is 21.1 Å². The summed E-state index contributed by atoms with van der Waals surface area (Å²) in [5.41, 5.74) is 1.92. The molecule has 0 bridgehead atoms. The number of benzene rings is 2. The molecule has 0 radical (unpaired) electrons. The van der Waals surface area contributed by atoms with E-state index in [1.165, 1.54) is 12.1 Å². The fraction of sp³-hybridized carbons (Fsp3) is 0.263. The number of nitrogens with one attached hydrogen (secondary N) is 3. The number of aromatic nitrogens is 3. The van der Waals surface area contributed by atoms with Crippen molar-refractivity contribution in [3.05, 3.63) is 52.3 Å². The van der Waals surface area contributed by atoms with Crippen LogP contribution in [0.5, 0.6) is 0 Å². The second-order valence-corrected chi connectivity index (χ2v) is 7.56. The second kappa shape index (κ2) is 8.99. The molecule has 0 spiro atoms. The molecule has 0 unspecified atom stereocenters. The summed E-state index contributed by atoms with van der Waals surface area (Å²) in [6.07, 6.45) is 0. The number of nitrogens with zero attached hydrogens (tertiary/aromatic N) is 3. The Kier molecular flexibility index (Phi) is 6.42. The molecule has 0 aliphatic carbocycles. The molecule has 3 N–H and O–H groups in total. The Morgan fingerprint density at radius 2 is 2.00 bits per heavy atom. The molecule has 1 aromatic heterocycles. The normalized spacial score (nSPS) is 10.9. The third-order valence-electron chi connectivity index (χ3n) is 3.98. The van der Waals surface area contributed by atoms with Gasteiger partial charge in [-0.15, -0.1) is 5.10 Å². The third-order valence-corrected chi connectivity index (χ3v) is 4.48. The van der Waals surface area contributed by atoms with Crippen LogP contribution in [-0.2, 0) is 6.54 Å². The maximum absolute atomic E-state index is 13.8. The van der Waals surface area contributed by atoms with E-state index in [2.05, 4.69) is 42.2 Å². The van der Waals surface area contributed by atoms with E-state index in [1.54, 1.807) is 28.9 Å². The van der Waals surface area contributed by atoms with Gasteiger partial charge >= 0.3 is 6.03 Å². The average molecular weight is 463 g/mol. The minimum atomic E-state index is -0.533. The summed E-state index contributed by atoms with van der Waals surface area (Å²) >= 11 is 3.16. The van der Waals surface area contributed by atoms with E-state index in [4.69, 9.17) is 0 Å². The fourth-order valence-electron chi connectivity index (χ4n) is 2.66. The minimum Gasteiger partial charge on any atom is -0.350 e. The van der Waals surface area contributed by atoms with Crippen LogP contribution >= 0.6 is 15.9 Å². The van der Waals surface area contributed by atoms with Gasteiger partial charge in [-0.05, 0) is 50.2 Å². The van der Waals surface area contributed by atoms with Crippen LogP contribution in [0.25, 0.3) is 11.0 Å². The molecule has 0 saturated carbocycles. The summed E-state index contributed by atoms with van der Waals surface area (Å²) in [5, 5.41) is 16.1. The number of urea groups is 1. The first-order valence-electron chi connectivity index (χ1n) is 8.97. The SMILES string of the molecule is CC(C)NC(=O)c1ccc2c(c1)nnn2CCNC(=O)Nc1ccc(Br)cc1F. The van der Waals surface area contributed by atoms with Crippen molar-refractivity contribution in [2.75, 3.05) is 11.9 Å². The largest absolute Gasteiger partial charge is 0.350 e. The lowest BCUT2D eigenvalue weighted by Gasteiger charge is -2.09. The van der Waals surface area contributed by atoms with Crippen LogP contribution in [-0.4, -0.2) is 39.5 Å². The highest BCUT2D eigenvalue weighted by molar-refractivity contribution is 9.10. The van der Waals surface area contributed by atoms with E-state index in [0.29, 0.717) is 22.1 Å². The first-order valence-corrected chi connectivity index (χ1v) is 9.77. The maximum atomic E-state index is 13.8. The van der Waals surface area contributed by atoms with Crippen LogP contribution in [0.4, 0.5) is 14.9 Å². The molecule has 0 fully saturated rings. The zero-order valence-electron chi connectivity index (χ0n) is 15.9. The first kappa shape index (κ1) is 20.7. The number of amides is 3. The van der Waals surface area contributed by atoms with Crippen LogP contribution in [0, 0.1) is 5.82 Å². The van der Waals surface area contributed by atoms with Crippen molar-refractivity contribution in [1.29, 1.82) is 0 Å². The van der Waals surface area contributed by atoms with Crippen molar-refractivity contribution in [2.24, 2.45) is 0 Å². The summed E-state index contributed by atoms with van der Waals surface area (Å²) in [6, 6.07) is 9.03. The maximum Gasteiger partial charge on any atom is 0.319 e. The second-order valence-electron chi connectivity index (χ2n) is 6.65. The van der Waals surface area contributed by atoms with Gasteiger partial charge in [-0.2, -0.15) is 0 Å². The highest BCUT2D eigenvalue weighted by atomic mass is 79.9. The Labute approximate surface area is 175 Å². The number of hydrogen-bond acceptors (Lipinski definition) is 4. The van der Waals surface area contributed by atoms with Crippen LogP contribution < -0.4 is 16.0 Å². The number of rotatable bonds is 6. The van der Waals surface area contributed by atoms with Gasteiger partial charge in [0.1, 0.15) is 11.3 Å². The quantitative estimate of drug-likeness (QED) is 0.522. The van der Waals surface area contributed by atoms with Crippen molar-refractivity contribution in [1.82, 2.24) is 25.6 Å². The van der Waals surface area contributed by atoms with Crippen molar-refractivity contribution in [3.8, 4) is 0 Å². The molecule has 0 aliphatic heterocycles. The molecule has 8 nitrogen and oxygen atoms in total. The van der Waals surface area contributed by atoms with Gasteiger partial charge in [-0.25, -0.2) is 13.9 Å². The molecular formula is C19H20BrFN6O2. The van der Waals surface area contributed by atoms with Crippen LogP contribution in [0.15, 0.2) is 40.9 Å². The Bertz CT molecular complexity index is 1050. The molecule has 2 aromatic carbocycles. The molecule has 3 aromatic rings. The van der Waals surface area contributed by atoms with E-state index < -0.39 is 11.8 Å². The van der Waals surface area contributed by atoms with Gasteiger partial charge in [0, 0.05) is 22.6 Å². The van der Waals surface area contributed by atoms with Gasteiger partial charge in [0.15, 0.2) is 0 Å². The van der Waals surface area contributed by atoms with E-state index >= 15 is 0 Å². The Balaban J connectivity index is 1.58. The number of halogens is 2. The van der Waals surface area contributed by atoms with Crippen LogP contribution in [0.2, 0.25) is 0 Å².